The molecular weight excluding hydrogens is 324 g/mol. The third-order valence-electron chi connectivity index (χ3n) is 2.16. The molecule has 7 heteroatoms. The van der Waals surface area contributed by atoms with E-state index in [4.69, 9.17) is 11.6 Å². The fraction of sp³-hybridized carbons (Fsp3) is 0.400. The number of hydrogen-bond acceptors (Lipinski definition) is 2. The van der Waals surface area contributed by atoms with Gasteiger partial charge in [-0.2, -0.15) is 13.2 Å². The van der Waals surface area contributed by atoms with Crippen LogP contribution < -0.4 is 0 Å². The van der Waals surface area contributed by atoms with E-state index in [9.17, 15) is 23.4 Å². The molecule has 0 radical (unpaired) electrons. The van der Waals surface area contributed by atoms with Crippen molar-refractivity contribution in [1.82, 2.24) is 0 Å². The van der Waals surface area contributed by atoms with Crippen molar-refractivity contribution in [2.45, 2.75) is 18.4 Å². The molecule has 0 saturated heterocycles. The molecule has 1 aromatic rings. The summed E-state index contributed by atoms with van der Waals surface area (Å²) in [6, 6.07) is 2.87. The molecule has 0 spiro atoms. The molecule has 96 valence electrons. The van der Waals surface area contributed by atoms with E-state index < -0.39 is 29.0 Å². The second-order valence-corrected chi connectivity index (χ2v) is 4.46. The molecule has 0 fully saturated rings. The maximum Gasteiger partial charge on any atom is 0.417 e. The first-order chi connectivity index (χ1) is 7.77. The number of rotatable bonds is 3. The Balaban J connectivity index is 3.05. The predicted molar refractivity (Wildman–Crippen MR) is 61.2 cm³/mol. The number of aliphatic hydroxyl groups excluding tert-OH is 2. The highest BCUT2D eigenvalue weighted by atomic mass is 79.9. The summed E-state index contributed by atoms with van der Waals surface area (Å²) < 4.78 is 37.2. The molecule has 0 aliphatic rings. The van der Waals surface area contributed by atoms with Crippen molar-refractivity contribution < 1.29 is 23.4 Å². The topological polar surface area (TPSA) is 40.5 Å². The molecule has 0 bridgehead atoms. The van der Waals surface area contributed by atoms with Crippen LogP contribution in [0, 0.1) is 0 Å². The van der Waals surface area contributed by atoms with Crippen LogP contribution in [0.1, 0.15) is 17.2 Å². The van der Waals surface area contributed by atoms with Gasteiger partial charge in [0.2, 0.25) is 0 Å². The largest absolute Gasteiger partial charge is 0.417 e. The Morgan fingerprint density at radius 3 is 2.29 bits per heavy atom. The zero-order valence-corrected chi connectivity index (χ0v) is 10.7. The van der Waals surface area contributed by atoms with Crippen LogP contribution in [0.25, 0.3) is 0 Å². The van der Waals surface area contributed by atoms with Gasteiger partial charge in [0, 0.05) is 5.33 Å². The number of halogens is 5. The zero-order valence-electron chi connectivity index (χ0n) is 8.38. The van der Waals surface area contributed by atoms with Gasteiger partial charge in [0.25, 0.3) is 0 Å². The van der Waals surface area contributed by atoms with E-state index >= 15 is 0 Å². The summed E-state index contributed by atoms with van der Waals surface area (Å²) in [5, 5.41) is 18.5. The van der Waals surface area contributed by atoms with Crippen LogP contribution in [-0.2, 0) is 6.18 Å². The molecule has 1 aromatic carbocycles. The molecule has 2 nitrogen and oxygen atoms in total. The summed E-state index contributed by atoms with van der Waals surface area (Å²) >= 11 is 8.44. The summed E-state index contributed by atoms with van der Waals surface area (Å²) in [5.74, 6) is 0. The van der Waals surface area contributed by atoms with E-state index in [1.54, 1.807) is 0 Å². The molecule has 17 heavy (non-hydrogen) atoms. The Labute approximate surface area is 109 Å². The molecule has 0 aromatic heterocycles. The van der Waals surface area contributed by atoms with E-state index in [0.29, 0.717) is 0 Å². The normalized spacial score (nSPS) is 15.7. The van der Waals surface area contributed by atoms with Gasteiger partial charge in [-0.3, -0.25) is 0 Å². The Morgan fingerprint density at radius 2 is 1.88 bits per heavy atom. The molecule has 0 aliphatic heterocycles. The summed E-state index contributed by atoms with van der Waals surface area (Å²) in [6.07, 6.45) is -6.92. The predicted octanol–water partition coefficient (Wildman–Crippen LogP) is 3.15. The lowest BCUT2D eigenvalue weighted by molar-refractivity contribution is -0.137. The molecule has 2 N–H and O–H groups in total. The lowest BCUT2D eigenvalue weighted by atomic mass is 10.0. The second-order valence-electron chi connectivity index (χ2n) is 3.40. The van der Waals surface area contributed by atoms with Gasteiger partial charge >= 0.3 is 6.18 Å². The summed E-state index contributed by atoms with van der Waals surface area (Å²) in [5.41, 5.74) is -0.835. The van der Waals surface area contributed by atoms with Crippen molar-refractivity contribution in [3.8, 4) is 0 Å². The standard InChI is InChI=1S/C10H9BrClF3O2/c11-4-8(16)9(17)5-1-2-6(7(12)3-5)10(13,14)15/h1-3,8-9,16-17H,4H2. The van der Waals surface area contributed by atoms with Crippen LogP contribution in [0.4, 0.5) is 13.2 Å². The van der Waals surface area contributed by atoms with E-state index in [0.717, 1.165) is 18.2 Å². The van der Waals surface area contributed by atoms with Crippen molar-refractivity contribution in [2.75, 3.05) is 5.33 Å². The fourth-order valence-electron chi connectivity index (χ4n) is 1.25. The average Bonchev–Trinajstić information content (AvgIpc) is 2.25. The Bertz CT molecular complexity index is 398. The van der Waals surface area contributed by atoms with Crippen LogP contribution in [0.3, 0.4) is 0 Å². The van der Waals surface area contributed by atoms with Gasteiger partial charge < -0.3 is 10.2 Å². The zero-order chi connectivity index (χ0) is 13.2. The first kappa shape index (κ1) is 14.8. The van der Waals surface area contributed by atoms with Gasteiger partial charge in [-0.25, -0.2) is 0 Å². The Kier molecular flexibility index (Phi) is 4.83. The number of hydrogen-bond donors (Lipinski definition) is 2. The van der Waals surface area contributed by atoms with Gasteiger partial charge in [-0.1, -0.05) is 33.6 Å². The van der Waals surface area contributed by atoms with E-state index in [1.807, 2.05) is 0 Å². The Morgan fingerprint density at radius 1 is 1.29 bits per heavy atom. The van der Waals surface area contributed by atoms with Crippen molar-refractivity contribution in [3.63, 3.8) is 0 Å². The lowest BCUT2D eigenvalue weighted by Crippen LogP contribution is -2.19. The van der Waals surface area contributed by atoms with E-state index in [-0.39, 0.29) is 10.9 Å². The highest BCUT2D eigenvalue weighted by Gasteiger charge is 2.33. The summed E-state index contributed by atoms with van der Waals surface area (Å²) in [7, 11) is 0. The van der Waals surface area contributed by atoms with Crippen molar-refractivity contribution in [1.29, 1.82) is 0 Å². The number of aliphatic hydroxyl groups is 2. The lowest BCUT2D eigenvalue weighted by Gasteiger charge is -2.17. The quantitative estimate of drug-likeness (QED) is 0.834. The maximum atomic E-state index is 12.4. The first-order valence-corrected chi connectivity index (χ1v) is 6.06. The highest BCUT2D eigenvalue weighted by Crippen LogP contribution is 2.36. The summed E-state index contributed by atoms with van der Waals surface area (Å²) in [6.45, 7) is 0. The average molecular weight is 334 g/mol. The van der Waals surface area contributed by atoms with Crippen LogP contribution in [0.15, 0.2) is 18.2 Å². The van der Waals surface area contributed by atoms with Gasteiger partial charge in [0.15, 0.2) is 0 Å². The molecule has 0 saturated carbocycles. The molecular formula is C10H9BrClF3O2. The maximum absolute atomic E-state index is 12.4. The van der Waals surface area contributed by atoms with Gasteiger partial charge in [-0.05, 0) is 17.7 Å². The monoisotopic (exact) mass is 332 g/mol. The van der Waals surface area contributed by atoms with Crippen molar-refractivity contribution in [3.05, 3.63) is 34.3 Å². The molecule has 0 aliphatic carbocycles. The Hall–Kier alpha value is -0.300. The van der Waals surface area contributed by atoms with Gasteiger partial charge in [0.05, 0.1) is 16.7 Å². The third-order valence-corrected chi connectivity index (χ3v) is 3.14. The van der Waals surface area contributed by atoms with E-state index in [1.165, 1.54) is 0 Å². The van der Waals surface area contributed by atoms with Gasteiger partial charge in [0.1, 0.15) is 6.10 Å². The molecule has 0 amide bonds. The minimum Gasteiger partial charge on any atom is -0.389 e. The molecule has 1 rings (SSSR count). The summed E-state index contributed by atoms with van der Waals surface area (Å²) in [4.78, 5) is 0. The highest BCUT2D eigenvalue weighted by molar-refractivity contribution is 9.09. The fourth-order valence-corrected chi connectivity index (χ4v) is 1.90. The smallest absolute Gasteiger partial charge is 0.389 e. The van der Waals surface area contributed by atoms with Crippen molar-refractivity contribution in [2.24, 2.45) is 0 Å². The number of alkyl halides is 4. The number of benzene rings is 1. The first-order valence-electron chi connectivity index (χ1n) is 4.56. The molecule has 0 heterocycles. The van der Waals surface area contributed by atoms with Crippen LogP contribution in [-0.4, -0.2) is 21.6 Å². The molecule has 2 unspecified atom stereocenters. The van der Waals surface area contributed by atoms with Crippen LogP contribution in [0.5, 0.6) is 0 Å². The van der Waals surface area contributed by atoms with Crippen LogP contribution in [0.2, 0.25) is 5.02 Å². The second kappa shape index (κ2) is 5.56. The minimum atomic E-state index is -4.53. The third kappa shape index (κ3) is 3.58. The minimum absolute atomic E-state index is 0.104. The van der Waals surface area contributed by atoms with Crippen molar-refractivity contribution >= 4 is 27.5 Å². The van der Waals surface area contributed by atoms with E-state index in [2.05, 4.69) is 15.9 Å². The van der Waals surface area contributed by atoms with Crippen LogP contribution >= 0.6 is 27.5 Å². The SMILES string of the molecule is OC(CBr)C(O)c1ccc(C(F)(F)F)c(Cl)c1. The molecule has 2 atom stereocenters. The van der Waals surface area contributed by atoms with Gasteiger partial charge in [-0.15, -0.1) is 0 Å².